The molecule has 0 aliphatic rings. The van der Waals surface area contributed by atoms with Gasteiger partial charge in [0.15, 0.2) is 0 Å². The van der Waals surface area contributed by atoms with Crippen molar-refractivity contribution >= 4 is 22.9 Å². The summed E-state index contributed by atoms with van der Waals surface area (Å²) >= 11 is 5.24. The second kappa shape index (κ2) is 6.92. The van der Waals surface area contributed by atoms with E-state index in [1.165, 1.54) is 11.6 Å². The summed E-state index contributed by atoms with van der Waals surface area (Å²) in [4.78, 5) is 10.6. The van der Waals surface area contributed by atoms with Gasteiger partial charge in [-0.25, -0.2) is 0 Å². The van der Waals surface area contributed by atoms with Gasteiger partial charge >= 0.3 is 0 Å². The summed E-state index contributed by atoms with van der Waals surface area (Å²) in [6.07, 6.45) is 2.99. The van der Waals surface area contributed by atoms with Gasteiger partial charge in [-0.15, -0.1) is 0 Å². The summed E-state index contributed by atoms with van der Waals surface area (Å²) in [7, 11) is 0. The number of carbonyl (C=O) groups is 1. The fourth-order valence-corrected chi connectivity index (χ4v) is 1.87. The molecule has 2 aromatic carbocycles. The van der Waals surface area contributed by atoms with Gasteiger partial charge in [0.2, 0.25) is 5.24 Å². The van der Waals surface area contributed by atoms with E-state index in [9.17, 15) is 4.79 Å². The molecular formula is C17H15ClO2. The quantitative estimate of drug-likeness (QED) is 0.603. The molecule has 0 unspecified atom stereocenters. The molecule has 0 aromatic heterocycles. The first-order valence-electron chi connectivity index (χ1n) is 6.29. The van der Waals surface area contributed by atoms with Crippen molar-refractivity contribution in [2.45, 2.75) is 13.5 Å². The Morgan fingerprint density at radius 2 is 1.95 bits per heavy atom. The van der Waals surface area contributed by atoms with E-state index >= 15 is 0 Å². The van der Waals surface area contributed by atoms with Crippen molar-refractivity contribution in [3.63, 3.8) is 0 Å². The molecule has 2 aromatic rings. The number of halogens is 1. The predicted octanol–water partition coefficient (Wildman–Crippen LogP) is 4.35. The van der Waals surface area contributed by atoms with Crippen LogP contribution in [0.25, 0.3) is 6.08 Å². The number of rotatable bonds is 5. The topological polar surface area (TPSA) is 26.3 Å². The third-order valence-electron chi connectivity index (χ3n) is 2.77. The lowest BCUT2D eigenvalue weighted by Gasteiger charge is -2.07. The Morgan fingerprint density at radius 3 is 2.60 bits per heavy atom. The summed E-state index contributed by atoms with van der Waals surface area (Å²) in [5.41, 5.74) is 3.26. The first kappa shape index (κ1) is 14.4. The van der Waals surface area contributed by atoms with Gasteiger partial charge in [0.05, 0.1) is 0 Å². The van der Waals surface area contributed by atoms with E-state index in [1.807, 2.05) is 36.4 Å². The Morgan fingerprint density at radius 1 is 1.20 bits per heavy atom. The fraction of sp³-hybridized carbons (Fsp3) is 0.118. The van der Waals surface area contributed by atoms with Crippen molar-refractivity contribution in [3.8, 4) is 5.75 Å². The number of hydrogen-bond acceptors (Lipinski definition) is 2. The van der Waals surface area contributed by atoms with Gasteiger partial charge < -0.3 is 4.74 Å². The summed E-state index contributed by atoms with van der Waals surface area (Å²) in [5, 5.41) is -0.482. The number of allylic oxidation sites excluding steroid dienone is 1. The average molecular weight is 287 g/mol. The van der Waals surface area contributed by atoms with Gasteiger partial charge in [0.25, 0.3) is 0 Å². The standard InChI is InChI=1S/C17H15ClO2/c1-13-3-2-4-15(11-13)12-20-16-8-5-14(6-9-16)7-10-17(18)19/h2-11H,12H2,1H3/b10-7+. The highest BCUT2D eigenvalue weighted by atomic mass is 35.5. The van der Waals surface area contributed by atoms with Crippen LogP contribution in [-0.2, 0) is 11.4 Å². The number of benzene rings is 2. The van der Waals surface area contributed by atoms with Crippen LogP contribution in [0.3, 0.4) is 0 Å². The molecule has 0 atom stereocenters. The zero-order valence-electron chi connectivity index (χ0n) is 11.2. The summed E-state index contributed by atoms with van der Waals surface area (Å²) in [6.45, 7) is 2.60. The second-order valence-corrected chi connectivity index (χ2v) is 4.86. The Kier molecular flexibility index (Phi) is 4.97. The molecule has 0 spiro atoms. The molecule has 0 N–H and O–H groups in total. The Balaban J connectivity index is 1.95. The minimum absolute atomic E-state index is 0.482. The maximum atomic E-state index is 10.6. The molecule has 0 saturated carbocycles. The van der Waals surface area contributed by atoms with E-state index in [2.05, 4.69) is 19.1 Å². The van der Waals surface area contributed by atoms with Crippen molar-refractivity contribution in [2.75, 3.05) is 0 Å². The van der Waals surface area contributed by atoms with Gasteiger partial charge in [0.1, 0.15) is 12.4 Å². The van der Waals surface area contributed by atoms with Gasteiger partial charge in [0, 0.05) is 0 Å². The van der Waals surface area contributed by atoms with Gasteiger partial charge in [-0.05, 0) is 47.9 Å². The highest BCUT2D eigenvalue weighted by Gasteiger charge is 1.97. The van der Waals surface area contributed by atoms with Crippen LogP contribution in [0.5, 0.6) is 5.75 Å². The highest BCUT2D eigenvalue weighted by molar-refractivity contribution is 6.66. The maximum Gasteiger partial charge on any atom is 0.245 e. The number of hydrogen-bond donors (Lipinski definition) is 0. The molecule has 2 rings (SSSR count). The fourth-order valence-electron chi connectivity index (χ4n) is 1.81. The third-order valence-corrected chi connectivity index (χ3v) is 2.90. The summed E-state index contributed by atoms with van der Waals surface area (Å²) in [6, 6.07) is 15.7. The molecule has 0 amide bonds. The molecule has 0 aliphatic carbocycles. The molecular weight excluding hydrogens is 272 g/mol. The molecule has 102 valence electrons. The first-order valence-corrected chi connectivity index (χ1v) is 6.67. The van der Waals surface area contributed by atoms with Crippen LogP contribution in [-0.4, -0.2) is 5.24 Å². The van der Waals surface area contributed by atoms with Crippen molar-refractivity contribution in [1.82, 2.24) is 0 Å². The first-order chi connectivity index (χ1) is 9.63. The number of aryl methyl sites for hydroxylation is 1. The van der Waals surface area contributed by atoms with Crippen LogP contribution in [0, 0.1) is 6.92 Å². The van der Waals surface area contributed by atoms with Gasteiger partial charge in [-0.1, -0.05) is 48.0 Å². The Bertz CT molecular complexity index is 615. The van der Waals surface area contributed by atoms with Crippen LogP contribution in [0.4, 0.5) is 0 Å². The highest BCUT2D eigenvalue weighted by Crippen LogP contribution is 2.15. The van der Waals surface area contributed by atoms with Crippen molar-refractivity contribution in [1.29, 1.82) is 0 Å². The molecule has 0 radical (unpaired) electrons. The minimum atomic E-state index is -0.482. The van der Waals surface area contributed by atoms with Crippen molar-refractivity contribution in [3.05, 3.63) is 71.3 Å². The molecule has 20 heavy (non-hydrogen) atoms. The van der Waals surface area contributed by atoms with E-state index in [-0.39, 0.29) is 0 Å². The zero-order valence-corrected chi connectivity index (χ0v) is 11.9. The van der Waals surface area contributed by atoms with E-state index in [4.69, 9.17) is 16.3 Å². The lowest BCUT2D eigenvalue weighted by molar-refractivity contribution is -0.107. The van der Waals surface area contributed by atoms with E-state index in [0.717, 1.165) is 16.9 Å². The lowest BCUT2D eigenvalue weighted by Crippen LogP contribution is -1.95. The monoisotopic (exact) mass is 286 g/mol. The average Bonchev–Trinajstić information content (AvgIpc) is 2.44. The Labute approximate surface area is 123 Å². The van der Waals surface area contributed by atoms with Crippen LogP contribution < -0.4 is 4.74 Å². The third kappa shape index (κ3) is 4.56. The molecule has 0 aliphatic heterocycles. The van der Waals surface area contributed by atoms with Crippen LogP contribution in [0.1, 0.15) is 16.7 Å². The lowest BCUT2D eigenvalue weighted by atomic mass is 10.1. The predicted molar refractivity (Wildman–Crippen MR) is 81.8 cm³/mol. The number of ether oxygens (including phenoxy) is 1. The van der Waals surface area contributed by atoms with Crippen LogP contribution >= 0.6 is 11.6 Å². The van der Waals surface area contributed by atoms with E-state index in [0.29, 0.717) is 6.61 Å². The van der Waals surface area contributed by atoms with Crippen LogP contribution in [0.15, 0.2) is 54.6 Å². The SMILES string of the molecule is Cc1cccc(COc2ccc(/C=C/C(=O)Cl)cc2)c1. The maximum absolute atomic E-state index is 10.6. The summed E-state index contributed by atoms with van der Waals surface area (Å²) in [5.74, 6) is 0.792. The van der Waals surface area contributed by atoms with Crippen LogP contribution in [0.2, 0.25) is 0 Å². The van der Waals surface area contributed by atoms with E-state index in [1.54, 1.807) is 6.08 Å². The Hall–Kier alpha value is -2.06. The van der Waals surface area contributed by atoms with Crippen molar-refractivity contribution < 1.29 is 9.53 Å². The van der Waals surface area contributed by atoms with Gasteiger partial charge in [-0.3, -0.25) is 4.79 Å². The normalized spacial score (nSPS) is 10.7. The molecule has 2 nitrogen and oxygen atoms in total. The largest absolute Gasteiger partial charge is 0.489 e. The summed E-state index contributed by atoms with van der Waals surface area (Å²) < 4.78 is 5.71. The van der Waals surface area contributed by atoms with Gasteiger partial charge in [-0.2, -0.15) is 0 Å². The molecule has 0 fully saturated rings. The molecule has 0 heterocycles. The zero-order chi connectivity index (χ0) is 14.4. The molecule has 0 saturated heterocycles. The smallest absolute Gasteiger partial charge is 0.245 e. The molecule has 3 heteroatoms. The second-order valence-electron chi connectivity index (χ2n) is 4.48. The van der Waals surface area contributed by atoms with Crippen molar-refractivity contribution in [2.24, 2.45) is 0 Å². The molecule has 0 bridgehead atoms. The minimum Gasteiger partial charge on any atom is -0.489 e. The van der Waals surface area contributed by atoms with E-state index < -0.39 is 5.24 Å². The number of carbonyl (C=O) groups excluding carboxylic acids is 1.